The zero-order chi connectivity index (χ0) is 14.9. The van der Waals surface area contributed by atoms with Gasteiger partial charge in [0.15, 0.2) is 0 Å². The highest BCUT2D eigenvalue weighted by Crippen LogP contribution is 2.53. The van der Waals surface area contributed by atoms with Crippen LogP contribution < -0.4 is 10.6 Å². The first kappa shape index (κ1) is 13.7. The van der Waals surface area contributed by atoms with Gasteiger partial charge in [0.05, 0.1) is 0 Å². The average molecular weight is 298 g/mol. The van der Waals surface area contributed by atoms with Gasteiger partial charge in [0, 0.05) is 23.2 Å². The summed E-state index contributed by atoms with van der Waals surface area (Å²) in [5.74, 6) is 3.44. The topological polar surface area (TPSA) is 24.1 Å². The van der Waals surface area contributed by atoms with E-state index in [1.54, 1.807) is 16.8 Å². The lowest BCUT2D eigenvalue weighted by Gasteiger charge is -2.46. The Balaban J connectivity index is 1.60. The third-order valence-electron chi connectivity index (χ3n) is 7.54. The van der Waals surface area contributed by atoms with Crippen molar-refractivity contribution >= 4 is 0 Å². The molecule has 2 N–H and O–H groups in total. The summed E-state index contributed by atoms with van der Waals surface area (Å²) in [5, 5.41) is 7.98. The van der Waals surface area contributed by atoms with Gasteiger partial charge < -0.3 is 10.6 Å². The predicted octanol–water partition coefficient (Wildman–Crippen LogP) is 3.76. The lowest BCUT2D eigenvalue weighted by atomic mass is 9.64. The number of hydrogen-bond donors (Lipinski definition) is 2. The van der Waals surface area contributed by atoms with Crippen LogP contribution >= 0.6 is 0 Å². The van der Waals surface area contributed by atoms with E-state index in [2.05, 4.69) is 30.6 Å². The van der Waals surface area contributed by atoms with Crippen molar-refractivity contribution in [3.05, 3.63) is 22.9 Å². The van der Waals surface area contributed by atoms with Gasteiger partial charge in [0.25, 0.3) is 0 Å². The number of hydrogen-bond acceptors (Lipinski definition) is 2. The second-order valence-electron chi connectivity index (χ2n) is 8.97. The smallest absolute Gasteiger partial charge is 0.0336 e. The highest BCUT2D eigenvalue weighted by Gasteiger charge is 2.52. The molecule has 2 nitrogen and oxygen atoms in total. The first-order chi connectivity index (χ1) is 10.6. The fourth-order valence-corrected chi connectivity index (χ4v) is 5.84. The van der Waals surface area contributed by atoms with E-state index in [9.17, 15) is 0 Å². The molecule has 2 heteroatoms. The lowest BCUT2D eigenvalue weighted by Crippen LogP contribution is -2.56. The van der Waals surface area contributed by atoms with Crippen LogP contribution in [0.3, 0.4) is 0 Å². The summed E-state index contributed by atoms with van der Waals surface area (Å²) in [4.78, 5) is 0. The maximum atomic E-state index is 4.02. The van der Waals surface area contributed by atoms with Crippen LogP contribution in [-0.2, 0) is 0 Å². The van der Waals surface area contributed by atoms with Crippen molar-refractivity contribution in [2.45, 2.75) is 70.4 Å². The van der Waals surface area contributed by atoms with Crippen molar-refractivity contribution in [1.82, 2.24) is 10.6 Å². The molecule has 0 radical (unpaired) electrons. The zero-order valence-electron chi connectivity index (χ0n) is 14.1. The normalized spacial score (nSPS) is 46.7. The van der Waals surface area contributed by atoms with Gasteiger partial charge in [0.1, 0.15) is 0 Å². The molecule has 3 fully saturated rings. The second kappa shape index (κ2) is 4.63. The molecule has 2 saturated carbocycles. The van der Waals surface area contributed by atoms with Crippen molar-refractivity contribution in [2.75, 3.05) is 6.54 Å². The number of rotatable bonds is 2. The lowest BCUT2D eigenvalue weighted by molar-refractivity contribution is 0.144. The van der Waals surface area contributed by atoms with E-state index in [0.717, 1.165) is 17.8 Å². The maximum Gasteiger partial charge on any atom is 0.0336 e. The van der Waals surface area contributed by atoms with Gasteiger partial charge in [-0.15, -0.1) is 0 Å². The van der Waals surface area contributed by atoms with Crippen LogP contribution in [0.4, 0.5) is 0 Å². The third-order valence-corrected chi connectivity index (χ3v) is 7.54. The molecule has 0 amide bonds. The standard InChI is InChI=1S/C20H30N2/c1-12-19-17(8-13-5-6-13)16-9-15-11-20(12,2)21-7-3-4-14(15)10-18(16)22-19/h10,12-13,16-17,19,21-22H,3-9,11H2,1-2H3. The van der Waals surface area contributed by atoms with E-state index in [1.807, 2.05) is 0 Å². The van der Waals surface area contributed by atoms with Crippen LogP contribution in [0.5, 0.6) is 0 Å². The molecule has 4 bridgehead atoms. The summed E-state index contributed by atoms with van der Waals surface area (Å²) in [6, 6.07) is 0.688. The molecule has 120 valence electrons. The Labute approximate surface area is 134 Å². The van der Waals surface area contributed by atoms with E-state index in [4.69, 9.17) is 0 Å². The highest BCUT2D eigenvalue weighted by molar-refractivity contribution is 5.40. The Morgan fingerprint density at radius 3 is 3.00 bits per heavy atom. The first-order valence-electron chi connectivity index (χ1n) is 9.58. The minimum atomic E-state index is 0.277. The van der Waals surface area contributed by atoms with Gasteiger partial charge in [-0.2, -0.15) is 0 Å². The van der Waals surface area contributed by atoms with E-state index in [0.29, 0.717) is 12.0 Å². The molecule has 5 rings (SSSR count). The highest BCUT2D eigenvalue weighted by atomic mass is 15.1. The Bertz CT molecular complexity index is 556. The van der Waals surface area contributed by atoms with Crippen LogP contribution in [0.25, 0.3) is 0 Å². The van der Waals surface area contributed by atoms with Gasteiger partial charge >= 0.3 is 0 Å². The van der Waals surface area contributed by atoms with E-state index in [1.165, 1.54) is 51.5 Å². The molecule has 0 aromatic rings. The van der Waals surface area contributed by atoms with Crippen molar-refractivity contribution in [3.8, 4) is 0 Å². The van der Waals surface area contributed by atoms with Crippen molar-refractivity contribution in [1.29, 1.82) is 0 Å². The third kappa shape index (κ3) is 1.95. The fraction of sp³-hybridized carbons (Fsp3) is 0.800. The molecule has 5 atom stereocenters. The molecular formula is C20H30N2. The number of nitrogens with one attached hydrogen (secondary N) is 2. The maximum absolute atomic E-state index is 4.02. The van der Waals surface area contributed by atoms with Crippen molar-refractivity contribution in [3.63, 3.8) is 0 Å². The largest absolute Gasteiger partial charge is 0.385 e. The molecule has 22 heavy (non-hydrogen) atoms. The zero-order valence-corrected chi connectivity index (χ0v) is 14.1. The molecule has 0 aromatic heterocycles. The summed E-state index contributed by atoms with van der Waals surface area (Å²) >= 11 is 0. The van der Waals surface area contributed by atoms with E-state index in [-0.39, 0.29) is 5.54 Å². The number of allylic oxidation sites excluding steroid dienone is 3. The van der Waals surface area contributed by atoms with Crippen molar-refractivity contribution in [2.24, 2.45) is 23.7 Å². The quantitative estimate of drug-likeness (QED) is 0.811. The van der Waals surface area contributed by atoms with Gasteiger partial charge in [-0.25, -0.2) is 0 Å². The summed E-state index contributed by atoms with van der Waals surface area (Å²) in [5.41, 5.74) is 5.36. The summed E-state index contributed by atoms with van der Waals surface area (Å²) in [7, 11) is 0. The monoisotopic (exact) mass is 298 g/mol. The average Bonchev–Trinajstić information content (AvgIpc) is 3.22. The Kier molecular flexibility index (Phi) is 2.87. The van der Waals surface area contributed by atoms with Crippen LogP contribution in [0.15, 0.2) is 22.9 Å². The van der Waals surface area contributed by atoms with Gasteiger partial charge in [0.2, 0.25) is 0 Å². The van der Waals surface area contributed by atoms with Crippen LogP contribution in [0.1, 0.15) is 58.8 Å². The van der Waals surface area contributed by atoms with Crippen LogP contribution in [-0.4, -0.2) is 18.1 Å². The van der Waals surface area contributed by atoms with Gasteiger partial charge in [-0.3, -0.25) is 0 Å². The summed E-state index contributed by atoms with van der Waals surface area (Å²) < 4.78 is 0. The SMILES string of the molecule is CC1C2NC3=CC4=C(CC3C2CC2CC2)CC1(C)NCCC4. The Morgan fingerprint density at radius 2 is 2.18 bits per heavy atom. The molecule has 2 heterocycles. The molecule has 3 aliphatic carbocycles. The minimum absolute atomic E-state index is 0.277. The molecule has 5 unspecified atom stereocenters. The van der Waals surface area contributed by atoms with Crippen LogP contribution in [0.2, 0.25) is 0 Å². The van der Waals surface area contributed by atoms with Crippen molar-refractivity contribution < 1.29 is 0 Å². The molecule has 0 spiro atoms. The molecule has 1 saturated heterocycles. The fourth-order valence-electron chi connectivity index (χ4n) is 5.84. The summed E-state index contributed by atoms with van der Waals surface area (Å²) in [6.45, 7) is 6.20. The first-order valence-corrected chi connectivity index (χ1v) is 9.58. The Morgan fingerprint density at radius 1 is 1.32 bits per heavy atom. The summed E-state index contributed by atoms with van der Waals surface area (Å²) in [6.07, 6.45) is 12.2. The van der Waals surface area contributed by atoms with E-state index >= 15 is 0 Å². The van der Waals surface area contributed by atoms with E-state index < -0.39 is 0 Å². The predicted molar refractivity (Wildman–Crippen MR) is 90.4 cm³/mol. The molecular weight excluding hydrogens is 268 g/mol. The van der Waals surface area contributed by atoms with Gasteiger partial charge in [-0.05, 0) is 75.0 Å². The van der Waals surface area contributed by atoms with Crippen LogP contribution in [0, 0.1) is 23.7 Å². The molecule has 5 aliphatic rings. The Hall–Kier alpha value is -0.760. The minimum Gasteiger partial charge on any atom is -0.385 e. The molecule has 2 aliphatic heterocycles. The second-order valence-corrected chi connectivity index (χ2v) is 8.97. The number of fused-ring (bicyclic) bond motifs is 2. The van der Waals surface area contributed by atoms with Gasteiger partial charge in [-0.1, -0.05) is 25.3 Å². The molecule has 0 aromatic carbocycles.